The van der Waals surface area contributed by atoms with Crippen molar-refractivity contribution >= 4 is 12.1 Å². The number of benzene rings is 1. The molecular weight excluding hydrogens is 234 g/mol. The lowest BCUT2D eigenvalue weighted by atomic mass is 10.2. The molecule has 0 heterocycles. The average Bonchev–Trinajstić information content (AvgIpc) is 2.35. The highest BCUT2D eigenvalue weighted by atomic mass is 16.6. The summed E-state index contributed by atoms with van der Waals surface area (Å²) in [6.07, 6.45) is 1.07. The first kappa shape index (κ1) is 13.8. The summed E-state index contributed by atoms with van der Waals surface area (Å²) in [4.78, 5) is 21.6. The second-order valence-electron chi connectivity index (χ2n) is 3.65. The van der Waals surface area contributed by atoms with Gasteiger partial charge in [-0.05, 0) is 18.6 Å². The Labute approximate surface area is 105 Å². The number of alkyl carbamates (subject to hydrolysis) is 1. The van der Waals surface area contributed by atoms with E-state index in [9.17, 15) is 9.59 Å². The van der Waals surface area contributed by atoms with Crippen molar-refractivity contribution in [3.8, 4) is 0 Å². The number of hydrogen-bond acceptors (Lipinski definition) is 3. The van der Waals surface area contributed by atoms with Crippen molar-refractivity contribution in [1.29, 1.82) is 0 Å². The molecule has 1 aromatic carbocycles. The number of nitrogens with one attached hydrogen (secondary N) is 1. The molecular formula is C13H15NO4. The molecule has 0 aliphatic carbocycles. The summed E-state index contributed by atoms with van der Waals surface area (Å²) in [5, 5.41) is 11.0. The van der Waals surface area contributed by atoms with Crippen LogP contribution in [-0.4, -0.2) is 23.3 Å². The molecule has 96 valence electrons. The van der Waals surface area contributed by atoms with Crippen LogP contribution in [0.4, 0.5) is 4.79 Å². The van der Waals surface area contributed by atoms with Crippen molar-refractivity contribution < 1.29 is 19.4 Å². The van der Waals surface area contributed by atoms with Crippen LogP contribution < -0.4 is 5.32 Å². The Morgan fingerprint density at radius 1 is 1.39 bits per heavy atom. The van der Waals surface area contributed by atoms with E-state index in [-0.39, 0.29) is 0 Å². The predicted octanol–water partition coefficient (Wildman–Crippen LogP) is 1.94. The van der Waals surface area contributed by atoms with Crippen molar-refractivity contribution in [1.82, 2.24) is 5.32 Å². The Kier molecular flexibility index (Phi) is 5.44. The van der Waals surface area contributed by atoms with Gasteiger partial charge in [-0.2, -0.15) is 0 Å². The highest BCUT2D eigenvalue weighted by Gasteiger charge is 2.06. The fourth-order valence-corrected chi connectivity index (χ4v) is 1.24. The number of carboxylic acid groups (broad SMARTS) is 1. The summed E-state index contributed by atoms with van der Waals surface area (Å²) in [7, 11) is 0. The topological polar surface area (TPSA) is 75.6 Å². The summed E-state index contributed by atoms with van der Waals surface area (Å²) in [6, 6.07) is 9.41. The highest BCUT2D eigenvalue weighted by Crippen LogP contribution is 1.99. The molecule has 0 aliphatic heterocycles. The van der Waals surface area contributed by atoms with Gasteiger partial charge in [-0.3, -0.25) is 0 Å². The minimum atomic E-state index is -1.07. The number of rotatable bonds is 5. The van der Waals surface area contributed by atoms with Crippen LogP contribution >= 0.6 is 0 Å². The number of carbonyl (C=O) groups is 2. The SMILES string of the molecule is CC(/C=C/C(=O)O)OC(=O)NCc1ccccc1. The van der Waals surface area contributed by atoms with E-state index >= 15 is 0 Å². The Bertz CT molecular complexity index is 428. The van der Waals surface area contributed by atoms with Crippen LogP contribution in [0.15, 0.2) is 42.5 Å². The van der Waals surface area contributed by atoms with E-state index in [1.165, 1.54) is 6.08 Å². The Balaban J connectivity index is 2.31. The Hall–Kier alpha value is -2.30. The second-order valence-corrected chi connectivity index (χ2v) is 3.65. The molecule has 1 unspecified atom stereocenters. The Morgan fingerprint density at radius 2 is 2.06 bits per heavy atom. The first-order chi connectivity index (χ1) is 8.58. The summed E-state index contributed by atoms with van der Waals surface area (Å²) < 4.78 is 4.92. The molecule has 0 bridgehead atoms. The van der Waals surface area contributed by atoms with Gasteiger partial charge >= 0.3 is 12.1 Å². The van der Waals surface area contributed by atoms with Gasteiger partial charge in [0.1, 0.15) is 6.10 Å². The highest BCUT2D eigenvalue weighted by molar-refractivity contribution is 5.79. The van der Waals surface area contributed by atoms with Gasteiger partial charge in [-0.15, -0.1) is 0 Å². The molecule has 0 radical (unpaired) electrons. The molecule has 1 atom stereocenters. The van der Waals surface area contributed by atoms with Crippen molar-refractivity contribution in [2.45, 2.75) is 19.6 Å². The molecule has 1 aromatic rings. The number of carboxylic acids is 1. The summed E-state index contributed by atoms with van der Waals surface area (Å²) in [5.41, 5.74) is 0.961. The standard InChI is InChI=1S/C13H15NO4/c1-10(7-8-12(15)16)18-13(17)14-9-11-5-3-2-4-6-11/h2-8,10H,9H2,1H3,(H,14,17)(H,15,16)/b8-7+. The van der Waals surface area contributed by atoms with Gasteiger partial charge in [-0.25, -0.2) is 9.59 Å². The molecule has 18 heavy (non-hydrogen) atoms. The molecule has 5 heteroatoms. The monoisotopic (exact) mass is 249 g/mol. The molecule has 1 rings (SSSR count). The Morgan fingerprint density at radius 3 is 2.67 bits per heavy atom. The van der Waals surface area contributed by atoms with E-state index in [0.717, 1.165) is 11.6 Å². The zero-order chi connectivity index (χ0) is 13.4. The van der Waals surface area contributed by atoms with Crippen molar-refractivity contribution in [2.24, 2.45) is 0 Å². The smallest absolute Gasteiger partial charge is 0.407 e. The summed E-state index contributed by atoms with van der Waals surface area (Å²) in [6.45, 7) is 1.95. The van der Waals surface area contributed by atoms with Gasteiger partial charge in [0.2, 0.25) is 0 Å². The van der Waals surface area contributed by atoms with E-state index in [1.807, 2.05) is 30.3 Å². The minimum Gasteiger partial charge on any atom is -0.478 e. The largest absolute Gasteiger partial charge is 0.478 e. The fourth-order valence-electron chi connectivity index (χ4n) is 1.24. The predicted molar refractivity (Wildman–Crippen MR) is 66.0 cm³/mol. The zero-order valence-electron chi connectivity index (χ0n) is 10.00. The first-order valence-electron chi connectivity index (χ1n) is 5.47. The van der Waals surface area contributed by atoms with E-state index in [1.54, 1.807) is 6.92 Å². The van der Waals surface area contributed by atoms with Crippen molar-refractivity contribution in [3.05, 3.63) is 48.0 Å². The lowest BCUT2D eigenvalue weighted by Crippen LogP contribution is -2.26. The van der Waals surface area contributed by atoms with Crippen LogP contribution in [0.2, 0.25) is 0 Å². The van der Waals surface area contributed by atoms with Gasteiger partial charge in [0, 0.05) is 12.6 Å². The van der Waals surface area contributed by atoms with Crippen LogP contribution in [0.1, 0.15) is 12.5 Å². The van der Waals surface area contributed by atoms with Gasteiger partial charge in [0.25, 0.3) is 0 Å². The summed E-state index contributed by atoms with van der Waals surface area (Å²) >= 11 is 0. The third-order valence-electron chi connectivity index (χ3n) is 2.08. The molecule has 5 nitrogen and oxygen atoms in total. The number of ether oxygens (including phenoxy) is 1. The van der Waals surface area contributed by atoms with Crippen molar-refractivity contribution in [2.75, 3.05) is 0 Å². The number of aliphatic carboxylic acids is 1. The first-order valence-corrected chi connectivity index (χ1v) is 5.47. The maximum absolute atomic E-state index is 11.4. The van der Waals surface area contributed by atoms with Gasteiger partial charge in [-0.1, -0.05) is 30.3 Å². The number of carbonyl (C=O) groups excluding carboxylic acids is 1. The molecule has 1 amide bonds. The van der Waals surface area contributed by atoms with Crippen LogP contribution in [0.25, 0.3) is 0 Å². The maximum atomic E-state index is 11.4. The third-order valence-corrected chi connectivity index (χ3v) is 2.08. The normalized spacial score (nSPS) is 12.1. The van der Waals surface area contributed by atoms with E-state index in [4.69, 9.17) is 9.84 Å². The van der Waals surface area contributed by atoms with Crippen LogP contribution in [-0.2, 0) is 16.1 Å². The number of amides is 1. The van der Waals surface area contributed by atoms with E-state index < -0.39 is 18.2 Å². The molecule has 0 fully saturated rings. The molecule has 0 aliphatic rings. The molecule has 0 saturated heterocycles. The quantitative estimate of drug-likeness (QED) is 0.782. The number of hydrogen-bond donors (Lipinski definition) is 2. The fraction of sp³-hybridized carbons (Fsp3) is 0.231. The van der Waals surface area contributed by atoms with Crippen LogP contribution in [0.3, 0.4) is 0 Å². The molecule has 0 saturated carbocycles. The average molecular weight is 249 g/mol. The lowest BCUT2D eigenvalue weighted by molar-refractivity contribution is -0.131. The van der Waals surface area contributed by atoms with Gasteiger partial charge < -0.3 is 15.2 Å². The molecule has 0 aromatic heterocycles. The minimum absolute atomic E-state index is 0.370. The van der Waals surface area contributed by atoms with Crippen LogP contribution in [0.5, 0.6) is 0 Å². The molecule has 0 spiro atoms. The van der Waals surface area contributed by atoms with Crippen LogP contribution in [0, 0.1) is 0 Å². The summed E-state index contributed by atoms with van der Waals surface area (Å²) in [5.74, 6) is -1.07. The van der Waals surface area contributed by atoms with Crippen molar-refractivity contribution in [3.63, 3.8) is 0 Å². The lowest BCUT2D eigenvalue weighted by Gasteiger charge is -2.10. The maximum Gasteiger partial charge on any atom is 0.407 e. The van der Waals surface area contributed by atoms with Gasteiger partial charge in [0.15, 0.2) is 0 Å². The molecule has 2 N–H and O–H groups in total. The third kappa shape index (κ3) is 5.69. The van der Waals surface area contributed by atoms with Gasteiger partial charge in [0.05, 0.1) is 0 Å². The second kappa shape index (κ2) is 7.11. The van der Waals surface area contributed by atoms with E-state index in [2.05, 4.69) is 5.32 Å². The zero-order valence-corrected chi connectivity index (χ0v) is 10.00. The van der Waals surface area contributed by atoms with E-state index in [0.29, 0.717) is 6.54 Å².